The van der Waals surface area contributed by atoms with E-state index in [9.17, 15) is 26.3 Å². The van der Waals surface area contributed by atoms with E-state index in [1.165, 1.54) is 0 Å². The van der Waals surface area contributed by atoms with E-state index in [1.807, 2.05) is 0 Å². The lowest BCUT2D eigenvalue weighted by molar-refractivity contribution is -0.306. The molecular formula is C10H7Cl2F6NO. The van der Waals surface area contributed by atoms with Crippen molar-refractivity contribution in [3.8, 4) is 5.75 Å². The average Bonchev–Trinajstić information content (AvgIpc) is 2.30. The van der Waals surface area contributed by atoms with Crippen LogP contribution in [0.1, 0.15) is 6.92 Å². The summed E-state index contributed by atoms with van der Waals surface area (Å²) in [6.45, 7) is 0.453. The molecule has 0 aromatic heterocycles. The predicted molar refractivity (Wildman–Crippen MR) is 61.9 cm³/mol. The van der Waals surface area contributed by atoms with Crippen molar-refractivity contribution in [3.05, 3.63) is 21.9 Å². The zero-order valence-corrected chi connectivity index (χ0v) is 11.2. The van der Waals surface area contributed by atoms with Gasteiger partial charge in [-0.3, -0.25) is 0 Å². The zero-order chi connectivity index (χ0) is 15.9. The Hall–Kier alpha value is -1.02. The summed E-state index contributed by atoms with van der Waals surface area (Å²) in [5, 5.41) is -1.36. The minimum Gasteiger partial charge on any atom is -0.481 e. The number of anilines is 1. The van der Waals surface area contributed by atoms with Gasteiger partial charge in [0.1, 0.15) is 5.02 Å². The Bertz CT molecular complexity index is 519. The number of benzene rings is 1. The van der Waals surface area contributed by atoms with Gasteiger partial charge in [-0.1, -0.05) is 23.2 Å². The number of halogens is 8. The number of nitrogens with two attached hydrogens (primary N) is 1. The summed E-state index contributed by atoms with van der Waals surface area (Å²) in [4.78, 5) is 0. The van der Waals surface area contributed by atoms with Crippen LogP contribution in [0, 0.1) is 5.82 Å². The van der Waals surface area contributed by atoms with Crippen LogP contribution in [0.4, 0.5) is 32.0 Å². The van der Waals surface area contributed by atoms with E-state index in [0.29, 0.717) is 6.92 Å². The van der Waals surface area contributed by atoms with Crippen molar-refractivity contribution in [2.75, 3.05) is 5.73 Å². The molecule has 2 nitrogen and oxygen atoms in total. The Balaban J connectivity index is 3.15. The van der Waals surface area contributed by atoms with Crippen LogP contribution in [0.15, 0.2) is 6.07 Å². The Labute approximate surface area is 119 Å². The van der Waals surface area contributed by atoms with Gasteiger partial charge in [-0.2, -0.15) is 22.0 Å². The maximum absolute atomic E-state index is 13.3. The number of hydrogen-bond donors (Lipinski definition) is 1. The van der Waals surface area contributed by atoms with Gasteiger partial charge in [-0.15, -0.1) is 0 Å². The largest absolute Gasteiger partial charge is 0.481 e. The highest BCUT2D eigenvalue weighted by Crippen LogP contribution is 2.43. The Kier molecular flexibility index (Phi) is 4.60. The van der Waals surface area contributed by atoms with Crippen molar-refractivity contribution in [2.24, 2.45) is 0 Å². The van der Waals surface area contributed by atoms with Gasteiger partial charge in [0.25, 0.3) is 0 Å². The van der Waals surface area contributed by atoms with Gasteiger partial charge in [0.05, 0.1) is 10.7 Å². The van der Waals surface area contributed by atoms with Gasteiger partial charge in [-0.05, 0) is 13.0 Å². The van der Waals surface area contributed by atoms with E-state index in [-0.39, 0.29) is 0 Å². The summed E-state index contributed by atoms with van der Waals surface area (Å²) < 4.78 is 80.1. The fourth-order valence-corrected chi connectivity index (χ4v) is 1.75. The van der Waals surface area contributed by atoms with Gasteiger partial charge >= 0.3 is 12.1 Å². The highest BCUT2D eigenvalue weighted by atomic mass is 35.5. The molecular weight excluding hydrogens is 335 g/mol. The molecule has 1 rings (SSSR count). The molecule has 10 heteroatoms. The van der Waals surface area contributed by atoms with Crippen molar-refractivity contribution in [3.63, 3.8) is 0 Å². The molecule has 20 heavy (non-hydrogen) atoms. The maximum atomic E-state index is 13.3. The third-order valence-electron chi connectivity index (χ3n) is 2.33. The third kappa shape index (κ3) is 3.01. The highest BCUT2D eigenvalue weighted by molar-refractivity contribution is 6.37. The van der Waals surface area contributed by atoms with Crippen molar-refractivity contribution in [2.45, 2.75) is 25.1 Å². The molecule has 0 radical (unpaired) electrons. The van der Waals surface area contributed by atoms with Crippen LogP contribution < -0.4 is 10.5 Å². The van der Waals surface area contributed by atoms with Crippen LogP contribution >= 0.6 is 23.2 Å². The van der Waals surface area contributed by atoms with Crippen LogP contribution in [0.25, 0.3) is 0 Å². The molecule has 0 aliphatic heterocycles. The van der Waals surface area contributed by atoms with E-state index in [2.05, 4.69) is 4.74 Å². The Morgan fingerprint density at radius 3 is 2.15 bits per heavy atom. The van der Waals surface area contributed by atoms with E-state index in [4.69, 9.17) is 28.9 Å². The van der Waals surface area contributed by atoms with E-state index >= 15 is 0 Å². The second kappa shape index (κ2) is 5.40. The molecule has 1 unspecified atom stereocenters. The summed E-state index contributed by atoms with van der Waals surface area (Å²) in [6.07, 6.45) is -8.50. The first kappa shape index (κ1) is 17.0. The van der Waals surface area contributed by atoms with Crippen molar-refractivity contribution in [1.29, 1.82) is 0 Å². The number of hydrogen-bond acceptors (Lipinski definition) is 2. The summed E-state index contributed by atoms with van der Waals surface area (Å²) >= 11 is 11.0. The molecule has 1 aromatic carbocycles. The summed E-state index contributed by atoms with van der Waals surface area (Å²) in [6, 6.07) is 0.788. The van der Waals surface area contributed by atoms with E-state index in [1.54, 1.807) is 0 Å². The zero-order valence-electron chi connectivity index (χ0n) is 9.66. The molecule has 1 atom stereocenters. The Morgan fingerprint density at radius 1 is 1.20 bits per heavy atom. The summed E-state index contributed by atoms with van der Waals surface area (Å²) in [7, 11) is 0. The molecule has 0 aliphatic rings. The fourth-order valence-electron chi connectivity index (χ4n) is 1.19. The van der Waals surface area contributed by atoms with Crippen LogP contribution in [0.2, 0.25) is 10.0 Å². The Morgan fingerprint density at radius 2 is 1.70 bits per heavy atom. The number of ether oxygens (including phenoxy) is 1. The van der Waals surface area contributed by atoms with Gasteiger partial charge < -0.3 is 10.5 Å². The molecule has 0 fully saturated rings. The number of alkyl halides is 5. The topological polar surface area (TPSA) is 35.2 Å². The van der Waals surface area contributed by atoms with Crippen LogP contribution in [-0.2, 0) is 0 Å². The minimum atomic E-state index is -5.84. The van der Waals surface area contributed by atoms with Gasteiger partial charge in [0.2, 0.25) is 0 Å². The fraction of sp³-hybridized carbons (Fsp3) is 0.400. The molecule has 0 saturated heterocycles. The SMILES string of the molecule is CC(Oc1c(Cl)cc(N)c(F)c1Cl)C(F)(F)C(F)(F)F. The average molecular weight is 342 g/mol. The van der Waals surface area contributed by atoms with Gasteiger partial charge in [0.15, 0.2) is 17.7 Å². The molecule has 0 saturated carbocycles. The lowest BCUT2D eigenvalue weighted by Crippen LogP contribution is -2.48. The molecule has 1 aromatic rings. The second-order valence-electron chi connectivity index (χ2n) is 3.79. The molecule has 0 spiro atoms. The first-order valence-corrected chi connectivity index (χ1v) is 5.69. The van der Waals surface area contributed by atoms with Crippen molar-refractivity contribution in [1.82, 2.24) is 0 Å². The summed E-state index contributed by atoms with van der Waals surface area (Å²) in [5.41, 5.74) is 4.65. The number of nitrogen functional groups attached to an aromatic ring is 1. The first-order chi connectivity index (χ1) is 8.89. The lowest BCUT2D eigenvalue weighted by Gasteiger charge is -2.27. The number of rotatable bonds is 3. The summed E-state index contributed by atoms with van der Waals surface area (Å²) in [5.74, 6) is -7.23. The standard InChI is InChI=1S/C10H7Cl2F6NO/c1-3(9(14,15)10(16,17)18)20-8-4(11)2-5(19)7(13)6(8)12/h2-3H,19H2,1H3. The van der Waals surface area contributed by atoms with Crippen LogP contribution in [0.3, 0.4) is 0 Å². The second-order valence-corrected chi connectivity index (χ2v) is 4.57. The molecule has 2 N–H and O–H groups in total. The highest BCUT2D eigenvalue weighted by Gasteiger charge is 2.62. The lowest BCUT2D eigenvalue weighted by atomic mass is 10.2. The first-order valence-electron chi connectivity index (χ1n) is 4.93. The maximum Gasteiger partial charge on any atom is 0.457 e. The van der Waals surface area contributed by atoms with Crippen LogP contribution in [0.5, 0.6) is 5.75 Å². The van der Waals surface area contributed by atoms with E-state index in [0.717, 1.165) is 6.07 Å². The molecule has 0 heterocycles. The normalized spacial score (nSPS) is 14.2. The molecule has 0 amide bonds. The monoisotopic (exact) mass is 341 g/mol. The van der Waals surface area contributed by atoms with Gasteiger partial charge in [-0.25, -0.2) is 4.39 Å². The predicted octanol–water partition coefficient (Wildman–Crippen LogP) is 4.68. The van der Waals surface area contributed by atoms with Crippen LogP contribution in [-0.4, -0.2) is 18.2 Å². The molecule has 0 bridgehead atoms. The van der Waals surface area contributed by atoms with Gasteiger partial charge in [0, 0.05) is 0 Å². The molecule has 0 aliphatic carbocycles. The minimum absolute atomic E-state index is 0.453. The third-order valence-corrected chi connectivity index (χ3v) is 2.95. The smallest absolute Gasteiger partial charge is 0.457 e. The quantitative estimate of drug-likeness (QED) is 0.492. The molecule has 114 valence electrons. The van der Waals surface area contributed by atoms with Crippen molar-refractivity contribution < 1.29 is 31.1 Å². The van der Waals surface area contributed by atoms with E-state index < -0.39 is 45.5 Å². The van der Waals surface area contributed by atoms with Crippen molar-refractivity contribution >= 4 is 28.9 Å².